The van der Waals surface area contributed by atoms with Gasteiger partial charge in [0.2, 0.25) is 5.91 Å². The fourth-order valence-electron chi connectivity index (χ4n) is 3.63. The van der Waals surface area contributed by atoms with Crippen LogP contribution >= 0.6 is 0 Å². The van der Waals surface area contributed by atoms with E-state index in [0.717, 1.165) is 16.9 Å². The molecular formula is C22H24N4O3. The number of hydrogen-bond donors (Lipinski definition) is 1. The molecule has 0 radical (unpaired) electrons. The molecule has 0 aliphatic heterocycles. The highest BCUT2D eigenvalue weighted by atomic mass is 16.3. The van der Waals surface area contributed by atoms with Gasteiger partial charge in [0, 0.05) is 31.5 Å². The number of benzene rings is 1. The molecular weight excluding hydrogens is 368 g/mol. The summed E-state index contributed by atoms with van der Waals surface area (Å²) in [6.07, 6.45) is 3.16. The fourth-order valence-corrected chi connectivity index (χ4v) is 3.63. The Morgan fingerprint density at radius 3 is 2.76 bits per heavy atom. The molecule has 1 N–H and O–H groups in total. The van der Waals surface area contributed by atoms with Crippen molar-refractivity contribution in [3.63, 3.8) is 0 Å². The number of nitrogens with one attached hydrogen (secondary N) is 1. The van der Waals surface area contributed by atoms with Crippen LogP contribution < -0.4 is 10.9 Å². The molecule has 0 unspecified atom stereocenters. The van der Waals surface area contributed by atoms with Gasteiger partial charge in [0.25, 0.3) is 5.56 Å². The molecule has 7 nitrogen and oxygen atoms in total. The van der Waals surface area contributed by atoms with Crippen LogP contribution in [0.1, 0.15) is 44.1 Å². The number of aromatic nitrogens is 3. The van der Waals surface area contributed by atoms with E-state index in [-0.39, 0.29) is 17.5 Å². The maximum absolute atomic E-state index is 12.8. The van der Waals surface area contributed by atoms with E-state index in [1.165, 1.54) is 4.68 Å². The first-order chi connectivity index (χ1) is 14.1. The predicted octanol–water partition coefficient (Wildman–Crippen LogP) is 3.46. The molecule has 0 aliphatic carbocycles. The highest BCUT2D eigenvalue weighted by Crippen LogP contribution is 2.20. The van der Waals surface area contributed by atoms with Crippen LogP contribution in [-0.4, -0.2) is 20.1 Å². The minimum Gasteiger partial charge on any atom is -0.463 e. The van der Waals surface area contributed by atoms with Gasteiger partial charge in [-0.25, -0.2) is 4.68 Å². The van der Waals surface area contributed by atoms with Crippen molar-refractivity contribution in [1.29, 1.82) is 0 Å². The highest BCUT2D eigenvalue weighted by molar-refractivity contribution is 5.82. The van der Waals surface area contributed by atoms with Gasteiger partial charge in [0.05, 0.1) is 17.8 Å². The molecule has 0 saturated carbocycles. The molecule has 3 heterocycles. The lowest BCUT2D eigenvalue weighted by Crippen LogP contribution is -2.29. The molecule has 0 bridgehead atoms. The van der Waals surface area contributed by atoms with Gasteiger partial charge in [-0.05, 0) is 18.9 Å². The Morgan fingerprint density at radius 1 is 1.21 bits per heavy atom. The minimum atomic E-state index is -0.174. The fraction of sp³-hybridized carbons (Fsp3) is 0.318. The van der Waals surface area contributed by atoms with Gasteiger partial charge in [-0.2, -0.15) is 5.10 Å². The number of carbonyl (C=O) groups excluding carboxylic acids is 1. The lowest BCUT2D eigenvalue weighted by molar-refractivity contribution is -0.121. The first kappa shape index (κ1) is 19.0. The summed E-state index contributed by atoms with van der Waals surface area (Å²) in [6, 6.07) is 13.4. The SMILES string of the molecule is CCc1nn(CCCC(=O)N[C@@H](C)c2ccccc2)c(=O)c2cc3occc3n12. The molecule has 4 rings (SSSR count). The van der Waals surface area contributed by atoms with Crippen molar-refractivity contribution in [1.82, 2.24) is 19.5 Å². The first-order valence-corrected chi connectivity index (χ1v) is 9.91. The number of furan rings is 1. The number of fused-ring (bicyclic) bond motifs is 3. The normalized spacial score (nSPS) is 12.5. The van der Waals surface area contributed by atoms with Crippen LogP contribution in [0.3, 0.4) is 0 Å². The maximum atomic E-state index is 12.8. The van der Waals surface area contributed by atoms with Crippen molar-refractivity contribution in [3.8, 4) is 0 Å². The van der Waals surface area contributed by atoms with E-state index >= 15 is 0 Å². The number of nitrogens with zero attached hydrogens (tertiary/aromatic N) is 3. The van der Waals surface area contributed by atoms with Crippen molar-refractivity contribution in [2.24, 2.45) is 0 Å². The van der Waals surface area contributed by atoms with Gasteiger partial charge in [-0.1, -0.05) is 37.3 Å². The molecule has 29 heavy (non-hydrogen) atoms. The summed E-state index contributed by atoms with van der Waals surface area (Å²) >= 11 is 0. The Hall–Kier alpha value is -3.35. The third-order valence-corrected chi connectivity index (χ3v) is 5.14. The highest BCUT2D eigenvalue weighted by Gasteiger charge is 2.15. The second kappa shape index (κ2) is 7.95. The zero-order valence-corrected chi connectivity index (χ0v) is 16.6. The van der Waals surface area contributed by atoms with Crippen LogP contribution in [0.4, 0.5) is 0 Å². The molecule has 1 atom stereocenters. The third-order valence-electron chi connectivity index (χ3n) is 5.14. The lowest BCUT2D eigenvalue weighted by Gasteiger charge is -2.14. The van der Waals surface area contributed by atoms with Gasteiger partial charge in [0.15, 0.2) is 5.58 Å². The second-order valence-corrected chi connectivity index (χ2v) is 7.14. The molecule has 1 aromatic carbocycles. The quantitative estimate of drug-likeness (QED) is 0.522. The van der Waals surface area contributed by atoms with Crippen LogP contribution in [0.25, 0.3) is 16.6 Å². The Morgan fingerprint density at radius 2 is 2.00 bits per heavy atom. The summed E-state index contributed by atoms with van der Waals surface area (Å²) < 4.78 is 8.75. The van der Waals surface area contributed by atoms with E-state index in [1.807, 2.05) is 54.6 Å². The maximum Gasteiger partial charge on any atom is 0.291 e. The van der Waals surface area contributed by atoms with Crippen molar-refractivity contribution >= 4 is 22.5 Å². The topological polar surface area (TPSA) is 81.5 Å². The standard InChI is InChI=1S/C22H24N4O3/c1-3-20-24-25(22(28)18-14-19-17(26(18)20)11-13-29-19)12-7-10-21(27)23-15(2)16-8-5-4-6-9-16/h4-6,8-9,11,13-15H,3,7,10,12H2,1-2H3,(H,23,27)/t15-/m0/s1. The van der Waals surface area contributed by atoms with E-state index in [1.54, 1.807) is 12.3 Å². The monoisotopic (exact) mass is 392 g/mol. The summed E-state index contributed by atoms with van der Waals surface area (Å²) in [5.41, 5.74) is 2.96. The van der Waals surface area contributed by atoms with Crippen LogP contribution in [-0.2, 0) is 17.8 Å². The van der Waals surface area contributed by atoms with E-state index < -0.39 is 0 Å². The minimum absolute atomic E-state index is 0.0357. The van der Waals surface area contributed by atoms with E-state index in [2.05, 4.69) is 10.4 Å². The summed E-state index contributed by atoms with van der Waals surface area (Å²) in [4.78, 5) is 25.1. The van der Waals surface area contributed by atoms with Crippen molar-refractivity contribution in [3.05, 3.63) is 70.5 Å². The summed E-state index contributed by atoms with van der Waals surface area (Å²) in [5, 5.41) is 7.52. The van der Waals surface area contributed by atoms with Crippen LogP contribution in [0.2, 0.25) is 0 Å². The molecule has 3 aromatic heterocycles. The smallest absolute Gasteiger partial charge is 0.291 e. The number of carbonyl (C=O) groups is 1. The van der Waals surface area contributed by atoms with Crippen molar-refractivity contribution in [2.45, 2.75) is 45.7 Å². The van der Waals surface area contributed by atoms with Crippen LogP contribution in [0.15, 0.2) is 57.9 Å². The average molecular weight is 392 g/mol. The molecule has 4 aromatic rings. The van der Waals surface area contributed by atoms with Gasteiger partial charge in [0.1, 0.15) is 11.3 Å². The van der Waals surface area contributed by atoms with Gasteiger partial charge >= 0.3 is 0 Å². The number of hydrogen-bond acceptors (Lipinski definition) is 4. The Labute approximate surface area is 167 Å². The third kappa shape index (κ3) is 3.68. The molecule has 0 spiro atoms. The molecule has 7 heteroatoms. The van der Waals surface area contributed by atoms with Crippen molar-refractivity contribution in [2.75, 3.05) is 0 Å². The summed E-state index contributed by atoms with van der Waals surface area (Å²) in [7, 11) is 0. The predicted molar refractivity (Wildman–Crippen MR) is 111 cm³/mol. The van der Waals surface area contributed by atoms with Crippen molar-refractivity contribution < 1.29 is 9.21 Å². The largest absolute Gasteiger partial charge is 0.463 e. The molecule has 0 saturated heterocycles. The molecule has 150 valence electrons. The Kier molecular flexibility index (Phi) is 5.20. The zero-order chi connectivity index (χ0) is 20.4. The van der Waals surface area contributed by atoms with E-state index in [9.17, 15) is 9.59 Å². The molecule has 0 fully saturated rings. The molecule has 1 amide bonds. The zero-order valence-electron chi connectivity index (χ0n) is 16.6. The van der Waals surface area contributed by atoms with Gasteiger partial charge in [-0.3, -0.25) is 14.0 Å². The Balaban J connectivity index is 1.45. The lowest BCUT2D eigenvalue weighted by atomic mass is 10.1. The van der Waals surface area contributed by atoms with Gasteiger partial charge in [-0.15, -0.1) is 0 Å². The summed E-state index contributed by atoms with van der Waals surface area (Å²) in [6.45, 7) is 4.35. The Bertz CT molecular complexity index is 1200. The van der Waals surface area contributed by atoms with Crippen LogP contribution in [0.5, 0.6) is 0 Å². The second-order valence-electron chi connectivity index (χ2n) is 7.14. The summed E-state index contributed by atoms with van der Waals surface area (Å²) in [5.74, 6) is 0.754. The number of amides is 1. The average Bonchev–Trinajstić information content (AvgIpc) is 3.32. The first-order valence-electron chi connectivity index (χ1n) is 9.91. The number of rotatable bonds is 7. The van der Waals surface area contributed by atoms with Gasteiger partial charge < -0.3 is 9.73 Å². The van der Waals surface area contributed by atoms with Crippen LogP contribution in [0, 0.1) is 0 Å². The van der Waals surface area contributed by atoms with E-state index in [0.29, 0.717) is 36.9 Å². The number of aryl methyl sites for hydroxylation is 2. The molecule has 0 aliphatic rings. The van der Waals surface area contributed by atoms with E-state index in [4.69, 9.17) is 4.42 Å².